The second kappa shape index (κ2) is 4.66. The molecule has 0 amide bonds. The average molecular weight is 309 g/mol. The Balaban J connectivity index is 1.66. The maximum absolute atomic E-state index is 13.8. The van der Waals surface area contributed by atoms with Gasteiger partial charge in [-0.2, -0.15) is 0 Å². The van der Waals surface area contributed by atoms with Crippen LogP contribution in [0.1, 0.15) is 25.7 Å². The molecule has 3 aromatic rings. The molecule has 4 nitrogen and oxygen atoms in total. The third kappa shape index (κ3) is 1.82. The Kier molecular flexibility index (Phi) is 2.69. The van der Waals surface area contributed by atoms with Gasteiger partial charge in [0.2, 0.25) is 0 Å². The highest BCUT2D eigenvalue weighted by Crippen LogP contribution is 2.40. The predicted molar refractivity (Wildman–Crippen MR) is 89.4 cm³/mol. The van der Waals surface area contributed by atoms with Gasteiger partial charge >= 0.3 is 0 Å². The Morgan fingerprint density at radius 1 is 1.09 bits per heavy atom. The average Bonchev–Trinajstić information content (AvgIpc) is 3.00. The number of fused-ring (bicyclic) bond motifs is 5. The molecule has 2 saturated heterocycles. The van der Waals surface area contributed by atoms with E-state index in [0.29, 0.717) is 24.9 Å². The van der Waals surface area contributed by atoms with Crippen molar-refractivity contribution < 1.29 is 4.39 Å². The van der Waals surface area contributed by atoms with Gasteiger partial charge in [-0.1, -0.05) is 0 Å². The fraction of sp³-hybridized carbons (Fsp3) is 0.444. The van der Waals surface area contributed by atoms with Crippen LogP contribution in [-0.2, 0) is 7.05 Å². The molecule has 0 spiro atoms. The fourth-order valence-corrected chi connectivity index (χ4v) is 4.53. The molecular formula is C18H19FN4. The summed E-state index contributed by atoms with van der Waals surface area (Å²) >= 11 is 0. The van der Waals surface area contributed by atoms with Crippen LogP contribution in [0.3, 0.4) is 0 Å². The van der Waals surface area contributed by atoms with Gasteiger partial charge in [0.15, 0.2) is 0 Å². The molecule has 2 fully saturated rings. The maximum Gasteiger partial charge on any atom is 0.143 e. The maximum atomic E-state index is 13.8. The van der Waals surface area contributed by atoms with E-state index in [2.05, 4.69) is 26.6 Å². The van der Waals surface area contributed by atoms with E-state index in [9.17, 15) is 4.39 Å². The summed E-state index contributed by atoms with van der Waals surface area (Å²) < 4.78 is 15.9. The number of anilines is 1. The summed E-state index contributed by atoms with van der Waals surface area (Å²) in [5.41, 5.74) is 2.12. The molecule has 0 radical (unpaired) electrons. The predicted octanol–water partition coefficient (Wildman–Crippen LogP) is 3.59. The normalized spacial score (nSPS) is 27.2. The number of rotatable bonds is 1. The topological polar surface area (TPSA) is 34.0 Å². The van der Waals surface area contributed by atoms with Crippen LogP contribution in [0.2, 0.25) is 0 Å². The molecule has 0 N–H and O–H groups in total. The Hall–Kier alpha value is -2.17. The van der Waals surface area contributed by atoms with Crippen molar-refractivity contribution in [2.24, 2.45) is 7.05 Å². The van der Waals surface area contributed by atoms with Crippen LogP contribution in [0.25, 0.3) is 21.9 Å². The van der Waals surface area contributed by atoms with Gasteiger partial charge in [-0.3, -0.25) is 4.98 Å². The van der Waals surface area contributed by atoms with Crippen LogP contribution in [0, 0.1) is 0 Å². The molecule has 5 rings (SSSR count). The highest BCUT2D eigenvalue weighted by atomic mass is 18.2. The van der Waals surface area contributed by atoms with E-state index in [1.54, 1.807) is 0 Å². The lowest BCUT2D eigenvalue weighted by Gasteiger charge is -2.37. The summed E-state index contributed by atoms with van der Waals surface area (Å²) in [5, 5.41) is 2.27. The van der Waals surface area contributed by atoms with E-state index in [4.69, 9.17) is 4.98 Å². The summed E-state index contributed by atoms with van der Waals surface area (Å²) in [5.74, 6) is 0.996. The Morgan fingerprint density at radius 2 is 1.87 bits per heavy atom. The highest BCUT2D eigenvalue weighted by Gasteiger charge is 2.41. The second-order valence-electron chi connectivity index (χ2n) is 6.85. The third-order valence-electron chi connectivity index (χ3n) is 5.57. The third-order valence-corrected chi connectivity index (χ3v) is 5.57. The first-order valence-electron chi connectivity index (χ1n) is 8.34. The zero-order chi connectivity index (χ0) is 15.6. The molecular weight excluding hydrogens is 290 g/mol. The summed E-state index contributed by atoms with van der Waals surface area (Å²) in [6, 6.07) is 6.88. The Morgan fingerprint density at radius 3 is 2.65 bits per heavy atom. The zero-order valence-electron chi connectivity index (χ0n) is 13.1. The monoisotopic (exact) mass is 309 g/mol. The number of hydrogen-bond donors (Lipinski definition) is 0. The minimum Gasteiger partial charge on any atom is -0.350 e. The molecule has 0 aromatic carbocycles. The number of hydrogen-bond acceptors (Lipinski definition) is 3. The van der Waals surface area contributed by atoms with Gasteiger partial charge in [0.1, 0.15) is 17.6 Å². The van der Waals surface area contributed by atoms with Crippen molar-refractivity contribution in [3.05, 3.63) is 30.6 Å². The van der Waals surface area contributed by atoms with E-state index in [-0.39, 0.29) is 0 Å². The van der Waals surface area contributed by atoms with E-state index in [1.807, 2.05) is 25.5 Å². The lowest BCUT2D eigenvalue weighted by Crippen LogP contribution is -2.44. The standard InChI is InChI=1S/C18H19FN4/c1-22-16-6-7-20-10-15(16)14-4-5-17(21-18(14)22)23-12-2-3-13(23)9-11(19)8-12/h4-7,10-13H,2-3,8-9H2,1H3/i19-1. The van der Waals surface area contributed by atoms with Gasteiger partial charge in [0, 0.05) is 42.3 Å². The quantitative estimate of drug-likeness (QED) is 0.689. The number of aryl methyl sites for hydroxylation is 1. The molecule has 3 aromatic heterocycles. The molecule has 2 aliphatic rings. The highest BCUT2D eigenvalue weighted by molar-refractivity contribution is 6.06. The van der Waals surface area contributed by atoms with Crippen molar-refractivity contribution in [2.75, 3.05) is 4.90 Å². The van der Waals surface area contributed by atoms with Crippen molar-refractivity contribution in [3.63, 3.8) is 0 Å². The van der Waals surface area contributed by atoms with Gasteiger partial charge in [-0.25, -0.2) is 9.37 Å². The van der Waals surface area contributed by atoms with Crippen LogP contribution >= 0.6 is 0 Å². The van der Waals surface area contributed by atoms with Crippen molar-refractivity contribution in [3.8, 4) is 0 Å². The van der Waals surface area contributed by atoms with E-state index in [0.717, 1.165) is 40.6 Å². The van der Waals surface area contributed by atoms with Gasteiger partial charge in [0.25, 0.3) is 0 Å². The summed E-state index contributed by atoms with van der Waals surface area (Å²) in [6.07, 6.45) is 6.54. The largest absolute Gasteiger partial charge is 0.350 e. The molecule has 118 valence electrons. The summed E-state index contributed by atoms with van der Waals surface area (Å²) in [6.45, 7) is 0. The van der Waals surface area contributed by atoms with Gasteiger partial charge < -0.3 is 9.47 Å². The van der Waals surface area contributed by atoms with Crippen molar-refractivity contribution in [2.45, 2.75) is 43.9 Å². The number of nitrogens with zero attached hydrogens (tertiary/aromatic N) is 4. The van der Waals surface area contributed by atoms with Crippen LogP contribution in [0.15, 0.2) is 30.6 Å². The lowest BCUT2D eigenvalue weighted by atomic mass is 10.0. The lowest BCUT2D eigenvalue weighted by molar-refractivity contribution is 0.242. The minimum atomic E-state index is -0.642. The van der Waals surface area contributed by atoms with E-state index >= 15 is 0 Å². The SMILES string of the molecule is Cn1c2ccncc2c2ccc(N3C4CCC3CC([18F])C4)nc21. The van der Waals surface area contributed by atoms with Crippen molar-refractivity contribution in [1.82, 2.24) is 14.5 Å². The fourth-order valence-electron chi connectivity index (χ4n) is 4.53. The first-order valence-corrected chi connectivity index (χ1v) is 8.34. The zero-order valence-corrected chi connectivity index (χ0v) is 13.1. The van der Waals surface area contributed by atoms with E-state index < -0.39 is 6.17 Å². The first kappa shape index (κ1) is 13.3. The molecule has 5 heterocycles. The van der Waals surface area contributed by atoms with Crippen LogP contribution < -0.4 is 4.90 Å². The molecule has 2 atom stereocenters. The van der Waals surface area contributed by atoms with Crippen LogP contribution in [-0.4, -0.2) is 32.8 Å². The van der Waals surface area contributed by atoms with E-state index in [1.165, 1.54) is 0 Å². The van der Waals surface area contributed by atoms with Gasteiger partial charge in [0.05, 0.1) is 5.52 Å². The molecule has 2 bridgehead atoms. The Labute approximate surface area is 133 Å². The molecule has 0 aliphatic carbocycles. The molecule has 23 heavy (non-hydrogen) atoms. The van der Waals surface area contributed by atoms with Crippen molar-refractivity contribution >= 4 is 27.8 Å². The first-order chi connectivity index (χ1) is 11.2. The number of halogens is 1. The Bertz CT molecular complexity index is 889. The number of piperidine rings is 1. The number of alkyl halides is 1. The summed E-state index contributed by atoms with van der Waals surface area (Å²) in [4.78, 5) is 11.5. The van der Waals surface area contributed by atoms with Crippen LogP contribution in [0.4, 0.5) is 10.2 Å². The number of aromatic nitrogens is 3. The molecule has 0 saturated carbocycles. The molecule has 2 unspecified atom stereocenters. The second-order valence-corrected chi connectivity index (χ2v) is 6.85. The molecule has 5 heteroatoms. The number of pyridine rings is 2. The minimum absolute atomic E-state index is 0.310. The van der Waals surface area contributed by atoms with Crippen molar-refractivity contribution in [1.29, 1.82) is 0 Å². The smallest absolute Gasteiger partial charge is 0.143 e. The van der Waals surface area contributed by atoms with Crippen LogP contribution in [0.5, 0.6) is 0 Å². The van der Waals surface area contributed by atoms with Gasteiger partial charge in [-0.05, 0) is 43.9 Å². The molecule has 2 aliphatic heterocycles. The van der Waals surface area contributed by atoms with Gasteiger partial charge in [-0.15, -0.1) is 0 Å². The summed E-state index contributed by atoms with van der Waals surface area (Å²) in [7, 11) is 2.05.